The Balaban J connectivity index is 3.84. The number of unbranched alkanes of at least 4 members (excludes halogenated alkanes) is 1. The highest BCUT2D eigenvalue weighted by atomic mass is 32.1. The average Bonchev–Trinajstić information content (AvgIpc) is 2.37. The molecule has 0 saturated heterocycles. The molecule has 2 amide bonds. The van der Waals surface area contributed by atoms with Crippen LogP contribution in [-0.2, 0) is 14.4 Å². The van der Waals surface area contributed by atoms with Crippen LogP contribution in [0.5, 0.6) is 0 Å². The molecule has 0 bridgehead atoms. The lowest BCUT2D eigenvalue weighted by Gasteiger charge is -2.14. The number of carboxylic acid groups (broad SMARTS) is 1. The Morgan fingerprint density at radius 1 is 1.00 bits per heavy atom. The molecule has 1 atom stereocenters. The third kappa shape index (κ3) is 9.96. The summed E-state index contributed by atoms with van der Waals surface area (Å²) in [6.45, 7) is 0.504. The molecule has 1 unspecified atom stereocenters. The third-order valence-electron chi connectivity index (χ3n) is 2.55. The van der Waals surface area contributed by atoms with Crippen molar-refractivity contribution in [2.24, 2.45) is 0 Å². The summed E-state index contributed by atoms with van der Waals surface area (Å²) >= 11 is 7.86. The fourth-order valence-corrected chi connectivity index (χ4v) is 1.92. The van der Waals surface area contributed by atoms with Crippen LogP contribution in [0.3, 0.4) is 0 Å². The first-order valence-electron chi connectivity index (χ1n) is 6.51. The molecule has 8 heteroatoms. The van der Waals surface area contributed by atoms with Gasteiger partial charge in [0.1, 0.15) is 6.04 Å². The molecular formula is C12H22N2O4S2. The summed E-state index contributed by atoms with van der Waals surface area (Å²) in [6, 6.07) is -0.879. The summed E-state index contributed by atoms with van der Waals surface area (Å²) in [7, 11) is 0. The quantitative estimate of drug-likeness (QED) is 0.282. The molecule has 0 spiro atoms. The smallest absolute Gasteiger partial charge is 0.326 e. The highest BCUT2D eigenvalue weighted by molar-refractivity contribution is 7.80. The molecule has 0 saturated carbocycles. The number of aliphatic carboxylic acids is 1. The van der Waals surface area contributed by atoms with Crippen LogP contribution in [-0.4, -0.2) is 47.0 Å². The number of carboxylic acids is 1. The predicted molar refractivity (Wildman–Crippen MR) is 83.4 cm³/mol. The minimum absolute atomic E-state index is 0.0585. The fourth-order valence-electron chi connectivity index (χ4n) is 1.52. The molecule has 116 valence electrons. The van der Waals surface area contributed by atoms with E-state index in [1.54, 1.807) is 0 Å². The average molecular weight is 322 g/mol. The molecular weight excluding hydrogens is 300 g/mol. The zero-order valence-corrected chi connectivity index (χ0v) is 13.1. The van der Waals surface area contributed by atoms with Crippen LogP contribution in [0.2, 0.25) is 0 Å². The maximum Gasteiger partial charge on any atom is 0.326 e. The SMILES string of the molecule is O=C(CCS)NCCCCC(NC(=O)CCS)C(=O)O. The number of thiol groups is 2. The first-order chi connectivity index (χ1) is 9.51. The molecule has 20 heavy (non-hydrogen) atoms. The van der Waals surface area contributed by atoms with E-state index in [1.165, 1.54) is 0 Å². The van der Waals surface area contributed by atoms with Gasteiger partial charge in [0.25, 0.3) is 0 Å². The normalized spacial score (nSPS) is 11.7. The molecule has 0 aliphatic carbocycles. The van der Waals surface area contributed by atoms with E-state index < -0.39 is 12.0 Å². The second kappa shape index (κ2) is 11.9. The Kier molecular flexibility index (Phi) is 11.4. The van der Waals surface area contributed by atoms with E-state index in [4.69, 9.17) is 5.11 Å². The van der Waals surface area contributed by atoms with E-state index in [0.29, 0.717) is 43.7 Å². The van der Waals surface area contributed by atoms with Crippen molar-refractivity contribution in [1.29, 1.82) is 0 Å². The van der Waals surface area contributed by atoms with Crippen LogP contribution < -0.4 is 10.6 Å². The molecule has 0 aromatic heterocycles. The second-order valence-corrected chi connectivity index (χ2v) is 5.15. The summed E-state index contributed by atoms with van der Waals surface area (Å²) in [5, 5.41) is 14.2. The molecule has 0 rings (SSSR count). The van der Waals surface area contributed by atoms with Gasteiger partial charge in [-0.15, -0.1) is 0 Å². The van der Waals surface area contributed by atoms with Crippen LogP contribution in [0.1, 0.15) is 32.1 Å². The van der Waals surface area contributed by atoms with Crippen molar-refractivity contribution < 1.29 is 19.5 Å². The van der Waals surface area contributed by atoms with Crippen molar-refractivity contribution >= 4 is 43.0 Å². The monoisotopic (exact) mass is 322 g/mol. The van der Waals surface area contributed by atoms with E-state index in [-0.39, 0.29) is 18.2 Å². The van der Waals surface area contributed by atoms with Crippen LogP contribution in [0.25, 0.3) is 0 Å². The number of carbonyl (C=O) groups excluding carboxylic acids is 2. The summed E-state index contributed by atoms with van der Waals surface area (Å²) in [6.07, 6.45) is 2.20. The van der Waals surface area contributed by atoms with Crippen molar-refractivity contribution in [3.63, 3.8) is 0 Å². The number of rotatable bonds is 11. The van der Waals surface area contributed by atoms with E-state index in [1.807, 2.05) is 0 Å². The molecule has 0 radical (unpaired) electrons. The molecule has 6 nitrogen and oxygen atoms in total. The first-order valence-corrected chi connectivity index (χ1v) is 7.78. The van der Waals surface area contributed by atoms with E-state index in [9.17, 15) is 14.4 Å². The van der Waals surface area contributed by atoms with Gasteiger partial charge < -0.3 is 15.7 Å². The van der Waals surface area contributed by atoms with E-state index >= 15 is 0 Å². The van der Waals surface area contributed by atoms with Gasteiger partial charge in [-0.25, -0.2) is 4.79 Å². The summed E-state index contributed by atoms with van der Waals surface area (Å²) in [5.74, 6) is -0.526. The number of nitrogens with one attached hydrogen (secondary N) is 2. The lowest BCUT2D eigenvalue weighted by molar-refractivity contribution is -0.142. The molecule has 0 heterocycles. The number of carbonyl (C=O) groups is 3. The summed E-state index contributed by atoms with van der Waals surface area (Å²) in [4.78, 5) is 33.5. The standard InChI is InChI=1S/C12H22N2O4S2/c15-10(4-7-19)13-6-2-1-3-9(12(17)18)14-11(16)5-8-20/h9,19-20H,1-8H2,(H,13,15)(H,14,16)(H,17,18). The maximum atomic E-state index is 11.3. The molecule has 0 aliphatic rings. The predicted octanol–water partition coefficient (Wildman–Crippen LogP) is 0.482. The van der Waals surface area contributed by atoms with Crippen LogP contribution in [0.4, 0.5) is 0 Å². The Morgan fingerprint density at radius 3 is 2.15 bits per heavy atom. The lowest BCUT2D eigenvalue weighted by Crippen LogP contribution is -2.40. The topological polar surface area (TPSA) is 95.5 Å². The van der Waals surface area contributed by atoms with E-state index in [2.05, 4.69) is 35.9 Å². The second-order valence-electron chi connectivity index (χ2n) is 4.25. The van der Waals surface area contributed by atoms with Gasteiger partial charge in [0.2, 0.25) is 11.8 Å². The van der Waals surface area contributed by atoms with Gasteiger partial charge in [0.15, 0.2) is 0 Å². The molecule has 0 fully saturated rings. The Labute approximate surface area is 129 Å². The van der Waals surface area contributed by atoms with E-state index in [0.717, 1.165) is 0 Å². The maximum absolute atomic E-state index is 11.3. The van der Waals surface area contributed by atoms with Crippen molar-refractivity contribution in [3.05, 3.63) is 0 Å². The van der Waals surface area contributed by atoms with Gasteiger partial charge in [-0.05, 0) is 30.8 Å². The minimum atomic E-state index is -1.04. The van der Waals surface area contributed by atoms with Gasteiger partial charge >= 0.3 is 5.97 Å². The summed E-state index contributed by atoms with van der Waals surface area (Å²) in [5.41, 5.74) is 0. The Hall–Kier alpha value is -0.890. The van der Waals surface area contributed by atoms with Crippen LogP contribution >= 0.6 is 25.3 Å². The molecule has 3 N–H and O–H groups in total. The van der Waals surface area contributed by atoms with Crippen molar-refractivity contribution in [3.8, 4) is 0 Å². The van der Waals surface area contributed by atoms with Gasteiger partial charge in [0.05, 0.1) is 0 Å². The van der Waals surface area contributed by atoms with Crippen LogP contribution in [0.15, 0.2) is 0 Å². The van der Waals surface area contributed by atoms with Gasteiger partial charge in [-0.1, -0.05) is 0 Å². The third-order valence-corrected chi connectivity index (χ3v) is 3.00. The van der Waals surface area contributed by atoms with Gasteiger partial charge in [-0.2, -0.15) is 25.3 Å². The zero-order chi connectivity index (χ0) is 15.4. The van der Waals surface area contributed by atoms with Crippen molar-refractivity contribution in [2.45, 2.75) is 38.1 Å². The lowest BCUT2D eigenvalue weighted by atomic mass is 10.1. The van der Waals surface area contributed by atoms with Crippen molar-refractivity contribution in [2.75, 3.05) is 18.1 Å². The number of amides is 2. The highest BCUT2D eigenvalue weighted by Crippen LogP contribution is 2.02. The fraction of sp³-hybridized carbons (Fsp3) is 0.750. The highest BCUT2D eigenvalue weighted by Gasteiger charge is 2.18. The number of hydrogen-bond acceptors (Lipinski definition) is 5. The first kappa shape index (κ1) is 19.1. The largest absolute Gasteiger partial charge is 0.480 e. The van der Waals surface area contributed by atoms with Crippen molar-refractivity contribution in [1.82, 2.24) is 10.6 Å². The minimum Gasteiger partial charge on any atom is -0.480 e. The Morgan fingerprint density at radius 2 is 1.60 bits per heavy atom. The molecule has 0 aromatic carbocycles. The van der Waals surface area contributed by atoms with Gasteiger partial charge in [-0.3, -0.25) is 9.59 Å². The molecule has 0 aromatic rings. The zero-order valence-electron chi connectivity index (χ0n) is 11.3. The van der Waals surface area contributed by atoms with Gasteiger partial charge in [0, 0.05) is 19.4 Å². The molecule has 0 aliphatic heterocycles. The van der Waals surface area contributed by atoms with Crippen LogP contribution in [0, 0.1) is 0 Å². The number of hydrogen-bond donors (Lipinski definition) is 5. The summed E-state index contributed by atoms with van der Waals surface area (Å²) < 4.78 is 0. The Bertz CT molecular complexity index is 327.